The van der Waals surface area contributed by atoms with Crippen LogP contribution in [0.25, 0.3) is 0 Å². The lowest BCUT2D eigenvalue weighted by molar-refractivity contribution is 0.125. The van der Waals surface area contributed by atoms with Crippen molar-refractivity contribution in [3.05, 3.63) is 16.4 Å². The van der Waals surface area contributed by atoms with Crippen molar-refractivity contribution in [2.24, 2.45) is 23.0 Å². The Hall–Kier alpha value is -0.540. The highest BCUT2D eigenvalue weighted by Crippen LogP contribution is 2.41. The zero-order chi connectivity index (χ0) is 15.8. The molecule has 3 nitrogen and oxygen atoms in total. The van der Waals surface area contributed by atoms with Crippen LogP contribution in [0.2, 0.25) is 5.02 Å². The molecule has 2 rings (SSSR count). The number of hydrogen-bond acceptors (Lipinski definition) is 2. The number of hydrogen-bond donors (Lipinski definition) is 1. The van der Waals surface area contributed by atoms with Crippen LogP contribution in [0.1, 0.15) is 58.3 Å². The summed E-state index contributed by atoms with van der Waals surface area (Å²) < 4.78 is 2.05. The summed E-state index contributed by atoms with van der Waals surface area (Å²) in [5.74, 6) is 1.27. The maximum absolute atomic E-state index is 6.46. The number of aryl methyl sites for hydroxylation is 2. The molecule has 1 aromatic heterocycles. The van der Waals surface area contributed by atoms with E-state index < -0.39 is 0 Å². The Kier molecular flexibility index (Phi) is 5.04. The second-order valence-corrected chi connectivity index (χ2v) is 8.04. The monoisotopic (exact) mass is 311 g/mol. The average Bonchev–Trinajstić information content (AvgIpc) is 2.67. The molecule has 1 heterocycles. The van der Waals surface area contributed by atoms with Crippen LogP contribution >= 0.6 is 11.6 Å². The zero-order valence-electron chi connectivity index (χ0n) is 14.1. The summed E-state index contributed by atoms with van der Waals surface area (Å²) in [6, 6.07) is 0.292. The van der Waals surface area contributed by atoms with Crippen molar-refractivity contribution in [3.63, 3.8) is 0 Å². The largest absolute Gasteiger partial charge is 0.327 e. The van der Waals surface area contributed by atoms with E-state index in [1.165, 1.54) is 18.5 Å². The van der Waals surface area contributed by atoms with E-state index in [1.54, 1.807) is 0 Å². The molecule has 3 atom stereocenters. The number of halogens is 1. The summed E-state index contributed by atoms with van der Waals surface area (Å²) in [6.07, 6.45) is 4.54. The van der Waals surface area contributed by atoms with Gasteiger partial charge in [0.05, 0.1) is 16.4 Å². The van der Waals surface area contributed by atoms with Crippen LogP contribution in [0.15, 0.2) is 0 Å². The second kappa shape index (κ2) is 6.29. The van der Waals surface area contributed by atoms with Gasteiger partial charge < -0.3 is 5.73 Å². The zero-order valence-corrected chi connectivity index (χ0v) is 14.9. The van der Waals surface area contributed by atoms with Gasteiger partial charge in [-0.15, -0.1) is 0 Å². The van der Waals surface area contributed by atoms with Gasteiger partial charge in [-0.05, 0) is 56.8 Å². The molecule has 0 radical (unpaired) electrons. The Labute approximate surface area is 134 Å². The molecule has 2 N–H and O–H groups in total. The van der Waals surface area contributed by atoms with E-state index in [-0.39, 0.29) is 0 Å². The fourth-order valence-electron chi connectivity index (χ4n) is 3.62. The molecule has 0 saturated heterocycles. The molecule has 1 aromatic rings. The van der Waals surface area contributed by atoms with Crippen LogP contribution in [0.4, 0.5) is 0 Å². The molecule has 4 heteroatoms. The van der Waals surface area contributed by atoms with Crippen LogP contribution in [-0.4, -0.2) is 15.8 Å². The molecular formula is C17H30ClN3. The second-order valence-electron chi connectivity index (χ2n) is 7.67. The van der Waals surface area contributed by atoms with Crippen molar-refractivity contribution in [2.75, 3.05) is 0 Å². The van der Waals surface area contributed by atoms with E-state index in [9.17, 15) is 0 Å². The molecule has 1 aliphatic carbocycles. The van der Waals surface area contributed by atoms with Crippen molar-refractivity contribution in [1.29, 1.82) is 0 Å². The molecule has 1 aliphatic rings. The van der Waals surface area contributed by atoms with Crippen molar-refractivity contribution in [1.82, 2.24) is 9.78 Å². The quantitative estimate of drug-likeness (QED) is 0.909. The lowest BCUT2D eigenvalue weighted by atomic mass is 9.67. The van der Waals surface area contributed by atoms with Gasteiger partial charge >= 0.3 is 0 Å². The number of nitrogens with zero attached hydrogens (tertiary/aromatic N) is 2. The standard InChI is InChI=1S/C17H30ClN3/c1-6-21-15(16(18)11(2)20-21)10-12-9-13(17(3,4)5)7-8-14(12)19/h12-14H,6-10,19H2,1-5H3. The van der Waals surface area contributed by atoms with Crippen LogP contribution in [0.3, 0.4) is 0 Å². The Bertz CT molecular complexity index is 487. The molecule has 0 aromatic carbocycles. The highest BCUT2D eigenvalue weighted by atomic mass is 35.5. The maximum Gasteiger partial charge on any atom is 0.0847 e. The molecule has 3 unspecified atom stereocenters. The third-order valence-corrected chi connectivity index (χ3v) is 5.67. The van der Waals surface area contributed by atoms with Crippen LogP contribution in [0, 0.1) is 24.2 Å². The first kappa shape index (κ1) is 16.8. The molecule has 120 valence electrons. The van der Waals surface area contributed by atoms with Crippen molar-refractivity contribution >= 4 is 11.6 Å². The van der Waals surface area contributed by atoms with Gasteiger partial charge in [-0.25, -0.2) is 0 Å². The van der Waals surface area contributed by atoms with E-state index in [0.29, 0.717) is 17.4 Å². The van der Waals surface area contributed by atoms with Crippen LogP contribution in [0.5, 0.6) is 0 Å². The minimum absolute atomic E-state index is 0.292. The van der Waals surface area contributed by atoms with E-state index in [2.05, 4.69) is 32.8 Å². The Morgan fingerprint density at radius 2 is 2.00 bits per heavy atom. The minimum atomic E-state index is 0.292. The fourth-order valence-corrected chi connectivity index (χ4v) is 3.83. The molecule has 0 amide bonds. The summed E-state index contributed by atoms with van der Waals surface area (Å²) in [5, 5.41) is 5.37. The van der Waals surface area contributed by atoms with Gasteiger partial charge in [-0.3, -0.25) is 4.68 Å². The van der Waals surface area contributed by atoms with E-state index in [1.807, 2.05) is 11.6 Å². The van der Waals surface area contributed by atoms with E-state index in [4.69, 9.17) is 17.3 Å². The normalized spacial score (nSPS) is 27.1. The number of aromatic nitrogens is 2. The third kappa shape index (κ3) is 3.62. The first-order valence-electron chi connectivity index (χ1n) is 8.21. The number of rotatable bonds is 3. The van der Waals surface area contributed by atoms with Gasteiger partial charge in [0.2, 0.25) is 0 Å². The minimum Gasteiger partial charge on any atom is -0.327 e. The topological polar surface area (TPSA) is 43.8 Å². The Morgan fingerprint density at radius 1 is 1.33 bits per heavy atom. The Morgan fingerprint density at radius 3 is 2.57 bits per heavy atom. The SMILES string of the molecule is CCn1nc(C)c(Cl)c1CC1CC(C(C)(C)C)CCC1N. The predicted molar refractivity (Wildman–Crippen MR) is 89.6 cm³/mol. The summed E-state index contributed by atoms with van der Waals surface area (Å²) in [5.41, 5.74) is 8.88. The van der Waals surface area contributed by atoms with Gasteiger partial charge in [-0.2, -0.15) is 5.10 Å². The third-order valence-electron chi connectivity index (χ3n) is 5.17. The van der Waals surface area contributed by atoms with E-state index in [0.717, 1.165) is 36.0 Å². The smallest absolute Gasteiger partial charge is 0.0847 e. The number of nitrogens with two attached hydrogens (primary N) is 1. The highest BCUT2D eigenvalue weighted by Gasteiger charge is 2.35. The van der Waals surface area contributed by atoms with Crippen molar-refractivity contribution in [2.45, 2.75) is 72.9 Å². The lowest BCUT2D eigenvalue weighted by Gasteiger charge is -2.40. The molecular weight excluding hydrogens is 282 g/mol. The van der Waals surface area contributed by atoms with Crippen molar-refractivity contribution < 1.29 is 0 Å². The molecule has 0 aliphatic heterocycles. The molecule has 1 saturated carbocycles. The first-order chi connectivity index (χ1) is 9.74. The van der Waals surface area contributed by atoms with E-state index >= 15 is 0 Å². The molecule has 21 heavy (non-hydrogen) atoms. The van der Waals surface area contributed by atoms with Crippen LogP contribution < -0.4 is 5.73 Å². The summed E-state index contributed by atoms with van der Waals surface area (Å²) in [7, 11) is 0. The van der Waals surface area contributed by atoms with Crippen LogP contribution in [-0.2, 0) is 13.0 Å². The lowest BCUT2D eigenvalue weighted by Crippen LogP contribution is -2.40. The summed E-state index contributed by atoms with van der Waals surface area (Å²) >= 11 is 6.46. The van der Waals surface area contributed by atoms with Gasteiger partial charge in [0.25, 0.3) is 0 Å². The fraction of sp³-hybridized carbons (Fsp3) is 0.824. The molecule has 0 bridgehead atoms. The van der Waals surface area contributed by atoms with Gasteiger partial charge in [0.1, 0.15) is 0 Å². The van der Waals surface area contributed by atoms with Gasteiger partial charge in [0, 0.05) is 12.6 Å². The van der Waals surface area contributed by atoms with Crippen molar-refractivity contribution in [3.8, 4) is 0 Å². The van der Waals surface area contributed by atoms with Gasteiger partial charge in [-0.1, -0.05) is 32.4 Å². The highest BCUT2D eigenvalue weighted by molar-refractivity contribution is 6.31. The van der Waals surface area contributed by atoms with Gasteiger partial charge in [0.15, 0.2) is 0 Å². The Balaban J connectivity index is 2.17. The molecule has 0 spiro atoms. The summed E-state index contributed by atoms with van der Waals surface area (Å²) in [6.45, 7) is 12.0. The first-order valence-corrected chi connectivity index (χ1v) is 8.59. The average molecular weight is 312 g/mol. The maximum atomic E-state index is 6.46. The summed E-state index contributed by atoms with van der Waals surface area (Å²) in [4.78, 5) is 0. The molecule has 1 fully saturated rings. The predicted octanol–water partition coefficient (Wildman–Crippen LogP) is 4.20.